The first kappa shape index (κ1) is 14.4. The van der Waals surface area contributed by atoms with E-state index in [2.05, 4.69) is 21.2 Å². The van der Waals surface area contributed by atoms with Gasteiger partial charge in [-0.15, -0.1) is 0 Å². The number of nitro benzene ring substituents is 1. The number of nitrogens with one attached hydrogen (secondary N) is 1. The molecule has 1 rings (SSSR count). The van der Waals surface area contributed by atoms with Gasteiger partial charge in [0, 0.05) is 16.1 Å². The summed E-state index contributed by atoms with van der Waals surface area (Å²) in [7, 11) is 0. The number of nitrogens with zero attached hydrogens (tertiary/aromatic N) is 1. The molecule has 7 heteroatoms. The number of rotatable bonds is 4. The Balaban J connectivity index is 3.17. The number of primary amides is 1. The zero-order chi connectivity index (χ0) is 14.1. The van der Waals surface area contributed by atoms with Crippen LogP contribution in [0.15, 0.2) is 16.6 Å². The summed E-state index contributed by atoms with van der Waals surface area (Å²) in [6.45, 7) is 4.91. The van der Waals surface area contributed by atoms with Crippen LogP contribution in [0, 0.1) is 17.0 Å². The number of carbonyl (C=O) groups excluding carboxylic acids is 1. The molecule has 0 fully saturated rings. The third-order valence-corrected chi connectivity index (χ3v) is 3.20. The number of hydrogen-bond acceptors (Lipinski definition) is 4. The highest BCUT2D eigenvalue weighted by Gasteiger charge is 2.26. The van der Waals surface area contributed by atoms with Gasteiger partial charge < -0.3 is 11.1 Å². The predicted octanol–water partition coefficient (Wildman–Crippen LogP) is 2.34. The smallest absolute Gasteiger partial charge is 0.273 e. The highest BCUT2D eigenvalue weighted by Crippen LogP contribution is 2.32. The van der Waals surface area contributed by atoms with Gasteiger partial charge in [0.2, 0.25) is 5.91 Å². The number of hydrogen-bond donors (Lipinski definition) is 2. The van der Waals surface area contributed by atoms with Gasteiger partial charge in [-0.3, -0.25) is 14.9 Å². The molecule has 0 saturated heterocycles. The highest BCUT2D eigenvalue weighted by atomic mass is 79.9. The van der Waals surface area contributed by atoms with Crippen molar-refractivity contribution in [3.8, 4) is 0 Å². The van der Waals surface area contributed by atoms with E-state index in [0.717, 1.165) is 0 Å². The molecule has 0 unspecified atom stereocenters. The monoisotopic (exact) mass is 315 g/mol. The second kappa shape index (κ2) is 4.93. The second-order valence-electron chi connectivity index (χ2n) is 4.49. The topological polar surface area (TPSA) is 98.3 Å². The highest BCUT2D eigenvalue weighted by molar-refractivity contribution is 9.10. The standard InChI is InChI=1S/C11H14BrN3O3/c1-6-4-8(14-11(2,3)10(13)16)7(12)5-9(6)15(17)18/h4-5,14H,1-3H3,(H2,13,16). The molecule has 0 aliphatic rings. The number of amides is 1. The molecule has 1 aromatic rings. The number of halogens is 1. The minimum Gasteiger partial charge on any atom is -0.371 e. The molecule has 0 heterocycles. The first-order chi connectivity index (χ1) is 8.15. The molecule has 0 aromatic heterocycles. The number of nitrogens with two attached hydrogens (primary N) is 1. The van der Waals surface area contributed by atoms with Gasteiger partial charge in [0.15, 0.2) is 0 Å². The molecule has 18 heavy (non-hydrogen) atoms. The Morgan fingerprint density at radius 2 is 2.06 bits per heavy atom. The summed E-state index contributed by atoms with van der Waals surface area (Å²) in [5.41, 5.74) is 5.43. The molecule has 98 valence electrons. The molecule has 3 N–H and O–H groups in total. The maximum Gasteiger partial charge on any atom is 0.273 e. The Kier molecular flexibility index (Phi) is 3.95. The van der Waals surface area contributed by atoms with Crippen molar-refractivity contribution in [1.82, 2.24) is 0 Å². The molecule has 0 aliphatic carbocycles. The van der Waals surface area contributed by atoms with Gasteiger partial charge in [-0.1, -0.05) is 0 Å². The molecule has 0 saturated carbocycles. The Hall–Kier alpha value is -1.63. The van der Waals surface area contributed by atoms with Crippen molar-refractivity contribution >= 4 is 33.2 Å². The Morgan fingerprint density at radius 3 is 2.50 bits per heavy atom. The lowest BCUT2D eigenvalue weighted by Crippen LogP contribution is -2.45. The third-order valence-electron chi connectivity index (χ3n) is 2.55. The normalized spacial score (nSPS) is 11.1. The van der Waals surface area contributed by atoms with Crippen molar-refractivity contribution in [3.05, 3.63) is 32.3 Å². The lowest BCUT2D eigenvalue weighted by Gasteiger charge is -2.24. The van der Waals surface area contributed by atoms with E-state index in [4.69, 9.17) is 5.73 Å². The van der Waals surface area contributed by atoms with Crippen LogP contribution in [0.2, 0.25) is 0 Å². The molecule has 0 radical (unpaired) electrons. The molecule has 0 spiro atoms. The summed E-state index contributed by atoms with van der Waals surface area (Å²) >= 11 is 3.23. The number of aryl methyl sites for hydroxylation is 1. The maximum atomic E-state index is 11.2. The third kappa shape index (κ3) is 2.98. The van der Waals surface area contributed by atoms with E-state index in [1.807, 2.05) is 0 Å². The summed E-state index contributed by atoms with van der Waals surface area (Å²) in [4.78, 5) is 21.5. The van der Waals surface area contributed by atoms with Gasteiger partial charge in [0.05, 0.1) is 10.6 Å². The summed E-state index contributed by atoms with van der Waals surface area (Å²) in [6, 6.07) is 3.00. The molecular formula is C11H14BrN3O3. The number of carbonyl (C=O) groups is 1. The average Bonchev–Trinajstić information content (AvgIpc) is 2.21. The summed E-state index contributed by atoms with van der Waals surface area (Å²) in [5, 5.41) is 13.7. The Morgan fingerprint density at radius 1 is 1.50 bits per heavy atom. The Bertz CT molecular complexity index is 515. The summed E-state index contributed by atoms with van der Waals surface area (Å²) < 4.78 is 0.508. The van der Waals surface area contributed by atoms with Crippen LogP contribution in [0.3, 0.4) is 0 Å². The van der Waals surface area contributed by atoms with Crippen LogP contribution >= 0.6 is 15.9 Å². The van der Waals surface area contributed by atoms with Crippen molar-refractivity contribution in [3.63, 3.8) is 0 Å². The first-order valence-electron chi connectivity index (χ1n) is 5.18. The quantitative estimate of drug-likeness (QED) is 0.658. The number of nitro groups is 1. The fraction of sp³-hybridized carbons (Fsp3) is 0.364. The molecule has 0 aliphatic heterocycles. The van der Waals surface area contributed by atoms with Gasteiger partial charge in [-0.05, 0) is 42.8 Å². The van der Waals surface area contributed by atoms with Gasteiger partial charge in [-0.25, -0.2) is 0 Å². The van der Waals surface area contributed by atoms with Crippen LogP contribution in [0.5, 0.6) is 0 Å². The summed E-state index contributed by atoms with van der Waals surface area (Å²) in [6.07, 6.45) is 0. The van der Waals surface area contributed by atoms with Crippen molar-refractivity contribution in [2.75, 3.05) is 5.32 Å². The van der Waals surface area contributed by atoms with Crippen LogP contribution in [0.1, 0.15) is 19.4 Å². The zero-order valence-electron chi connectivity index (χ0n) is 10.3. The largest absolute Gasteiger partial charge is 0.371 e. The van der Waals surface area contributed by atoms with E-state index in [1.54, 1.807) is 26.8 Å². The molecule has 6 nitrogen and oxygen atoms in total. The summed E-state index contributed by atoms with van der Waals surface area (Å²) in [5.74, 6) is -0.509. The average molecular weight is 316 g/mol. The van der Waals surface area contributed by atoms with Crippen LogP contribution in [-0.2, 0) is 4.79 Å². The van der Waals surface area contributed by atoms with E-state index in [1.165, 1.54) is 6.07 Å². The molecule has 0 bridgehead atoms. The van der Waals surface area contributed by atoms with E-state index in [9.17, 15) is 14.9 Å². The van der Waals surface area contributed by atoms with Gasteiger partial charge in [-0.2, -0.15) is 0 Å². The van der Waals surface area contributed by atoms with Crippen molar-refractivity contribution < 1.29 is 9.72 Å². The maximum absolute atomic E-state index is 11.2. The van der Waals surface area contributed by atoms with E-state index in [-0.39, 0.29) is 5.69 Å². The molecular weight excluding hydrogens is 302 g/mol. The fourth-order valence-corrected chi connectivity index (χ4v) is 1.79. The van der Waals surface area contributed by atoms with Crippen molar-refractivity contribution in [2.24, 2.45) is 5.73 Å². The van der Waals surface area contributed by atoms with Crippen molar-refractivity contribution in [1.29, 1.82) is 0 Å². The molecule has 1 aromatic carbocycles. The minimum atomic E-state index is -0.939. The minimum absolute atomic E-state index is 0.0179. The van der Waals surface area contributed by atoms with Gasteiger partial charge in [0.25, 0.3) is 5.69 Å². The lowest BCUT2D eigenvalue weighted by molar-refractivity contribution is -0.385. The predicted molar refractivity (Wildman–Crippen MR) is 72.4 cm³/mol. The zero-order valence-corrected chi connectivity index (χ0v) is 11.9. The molecule has 1 amide bonds. The van der Waals surface area contributed by atoms with E-state index < -0.39 is 16.4 Å². The van der Waals surface area contributed by atoms with Gasteiger partial charge in [0.1, 0.15) is 5.54 Å². The first-order valence-corrected chi connectivity index (χ1v) is 5.97. The van der Waals surface area contributed by atoms with Crippen LogP contribution in [0.25, 0.3) is 0 Å². The second-order valence-corrected chi connectivity index (χ2v) is 5.34. The van der Waals surface area contributed by atoms with E-state index in [0.29, 0.717) is 15.7 Å². The molecule has 0 atom stereocenters. The number of anilines is 1. The Labute approximate surface area is 113 Å². The lowest BCUT2D eigenvalue weighted by atomic mass is 10.0. The van der Waals surface area contributed by atoms with E-state index >= 15 is 0 Å². The number of benzene rings is 1. The van der Waals surface area contributed by atoms with Crippen LogP contribution in [-0.4, -0.2) is 16.4 Å². The van der Waals surface area contributed by atoms with Crippen molar-refractivity contribution in [2.45, 2.75) is 26.3 Å². The van der Waals surface area contributed by atoms with Crippen LogP contribution < -0.4 is 11.1 Å². The fourth-order valence-electron chi connectivity index (χ4n) is 1.36. The SMILES string of the molecule is Cc1cc(NC(C)(C)C(N)=O)c(Br)cc1[N+](=O)[O-]. The van der Waals surface area contributed by atoms with Gasteiger partial charge >= 0.3 is 0 Å². The van der Waals surface area contributed by atoms with Crippen LogP contribution in [0.4, 0.5) is 11.4 Å².